The molecule has 0 aromatic carbocycles. The van der Waals surface area contributed by atoms with Gasteiger partial charge in [-0.15, -0.1) is 0 Å². The third-order valence-corrected chi connectivity index (χ3v) is 2.63. The smallest absolute Gasteiger partial charge is 0.264 e. The van der Waals surface area contributed by atoms with Gasteiger partial charge in [0, 0.05) is 0 Å². The maximum Gasteiger partial charge on any atom is 0.264 e. The lowest BCUT2D eigenvalue weighted by Crippen LogP contribution is -2.27. The minimum absolute atomic E-state index is 0.123. The van der Waals surface area contributed by atoms with Crippen LogP contribution in [0.5, 0.6) is 0 Å². The van der Waals surface area contributed by atoms with Crippen LogP contribution in [0.15, 0.2) is 0 Å². The summed E-state index contributed by atoms with van der Waals surface area (Å²) in [5.41, 5.74) is 0. The Balaban J connectivity index is 3.92. The van der Waals surface area contributed by atoms with Crippen LogP contribution in [0.4, 0.5) is 0 Å². The zero-order valence-corrected chi connectivity index (χ0v) is 11.9. The Morgan fingerprint density at radius 2 is 1.12 bits per heavy atom. The summed E-state index contributed by atoms with van der Waals surface area (Å²) in [7, 11) is -7.00. The first kappa shape index (κ1) is 16.8. The molecule has 0 rings (SSSR count). The monoisotopic (exact) mass is 290 g/mol. The van der Waals surface area contributed by atoms with Gasteiger partial charge in [0.1, 0.15) is 0 Å². The molecule has 0 aromatic heterocycles. The van der Waals surface area contributed by atoms with Crippen molar-refractivity contribution in [1.29, 1.82) is 0 Å². The molecule has 0 saturated heterocycles. The van der Waals surface area contributed by atoms with Gasteiger partial charge >= 0.3 is 0 Å². The maximum atomic E-state index is 10.7. The summed E-state index contributed by atoms with van der Waals surface area (Å²) in [4.78, 5) is 0. The molecular weight excluding hydrogens is 272 g/mol. The molecule has 0 saturated carbocycles. The highest BCUT2D eigenvalue weighted by Crippen LogP contribution is 2.02. The van der Waals surface area contributed by atoms with E-state index >= 15 is 0 Å². The lowest BCUT2D eigenvalue weighted by atomic mass is 10.4. The van der Waals surface area contributed by atoms with E-state index in [1.54, 1.807) is 13.8 Å². The standard InChI is InChI=1S/C8H18O7S2/c1-7(5-13-16(3,9)10)15-8(2)6-14-17(4,11)12/h7-8H,5-6H2,1-4H3/t7-,8-/m1/s1. The highest BCUT2D eigenvalue weighted by Gasteiger charge is 2.13. The van der Waals surface area contributed by atoms with Gasteiger partial charge < -0.3 is 4.74 Å². The second-order valence-corrected chi connectivity index (χ2v) is 7.02. The Labute approximate surface area is 102 Å². The highest BCUT2D eigenvalue weighted by atomic mass is 32.2. The van der Waals surface area contributed by atoms with Crippen molar-refractivity contribution >= 4 is 20.2 Å². The summed E-state index contributed by atoms with van der Waals surface area (Å²) < 4.78 is 57.1. The van der Waals surface area contributed by atoms with Crippen LogP contribution in [0, 0.1) is 0 Å². The topological polar surface area (TPSA) is 96.0 Å². The molecule has 17 heavy (non-hydrogen) atoms. The fourth-order valence-corrected chi connectivity index (χ4v) is 1.79. The minimum Gasteiger partial charge on any atom is -0.371 e. The first-order chi connectivity index (χ1) is 7.49. The van der Waals surface area contributed by atoms with Crippen molar-refractivity contribution in [1.82, 2.24) is 0 Å². The largest absolute Gasteiger partial charge is 0.371 e. The number of hydrogen-bond acceptors (Lipinski definition) is 7. The van der Waals surface area contributed by atoms with Crippen molar-refractivity contribution in [2.75, 3.05) is 25.7 Å². The maximum absolute atomic E-state index is 10.7. The first-order valence-corrected chi connectivity index (χ1v) is 8.47. The van der Waals surface area contributed by atoms with Gasteiger partial charge in [-0.1, -0.05) is 0 Å². The Bertz CT molecular complexity index is 371. The molecule has 0 aliphatic rings. The van der Waals surface area contributed by atoms with Crippen molar-refractivity contribution in [3.8, 4) is 0 Å². The van der Waals surface area contributed by atoms with Crippen LogP contribution in [0.3, 0.4) is 0 Å². The average Bonchev–Trinajstić information content (AvgIpc) is 2.09. The molecule has 0 bridgehead atoms. The Morgan fingerprint density at radius 3 is 1.35 bits per heavy atom. The third kappa shape index (κ3) is 12.0. The second kappa shape index (κ2) is 6.64. The van der Waals surface area contributed by atoms with E-state index in [-0.39, 0.29) is 13.2 Å². The number of hydrogen-bond donors (Lipinski definition) is 0. The Hall–Kier alpha value is -0.220. The van der Waals surface area contributed by atoms with Crippen LogP contribution < -0.4 is 0 Å². The van der Waals surface area contributed by atoms with Gasteiger partial charge in [0.25, 0.3) is 20.2 Å². The second-order valence-electron chi connectivity index (χ2n) is 3.73. The fourth-order valence-electron chi connectivity index (χ4n) is 0.914. The lowest BCUT2D eigenvalue weighted by molar-refractivity contribution is -0.0315. The van der Waals surface area contributed by atoms with E-state index in [4.69, 9.17) is 4.74 Å². The first-order valence-electron chi connectivity index (χ1n) is 4.84. The fraction of sp³-hybridized carbons (Fsp3) is 1.00. The molecule has 0 fully saturated rings. The Kier molecular flexibility index (Phi) is 6.56. The number of rotatable bonds is 8. The molecule has 7 nitrogen and oxygen atoms in total. The molecule has 0 heterocycles. The summed E-state index contributed by atoms with van der Waals surface area (Å²) in [6.45, 7) is 2.98. The van der Waals surface area contributed by atoms with Gasteiger partial charge in [-0.2, -0.15) is 16.8 Å². The van der Waals surface area contributed by atoms with Crippen molar-refractivity contribution in [3.63, 3.8) is 0 Å². The van der Waals surface area contributed by atoms with Gasteiger partial charge in [0.2, 0.25) is 0 Å². The molecule has 9 heteroatoms. The van der Waals surface area contributed by atoms with E-state index in [2.05, 4.69) is 8.37 Å². The molecule has 0 radical (unpaired) electrons. The summed E-state index contributed by atoms with van der Waals surface area (Å²) in [6, 6.07) is 0. The van der Waals surface area contributed by atoms with E-state index in [9.17, 15) is 16.8 Å². The summed E-state index contributed by atoms with van der Waals surface area (Å²) in [5, 5.41) is 0. The molecule has 0 amide bonds. The molecule has 104 valence electrons. The van der Waals surface area contributed by atoms with Crippen LogP contribution in [0.1, 0.15) is 13.8 Å². The van der Waals surface area contributed by atoms with Gasteiger partial charge in [-0.3, -0.25) is 8.37 Å². The molecule has 0 N–H and O–H groups in total. The van der Waals surface area contributed by atoms with E-state index < -0.39 is 32.4 Å². The molecular formula is C8H18O7S2. The summed E-state index contributed by atoms with van der Waals surface area (Å²) >= 11 is 0. The van der Waals surface area contributed by atoms with Crippen LogP contribution >= 0.6 is 0 Å². The molecule has 0 aromatic rings. The van der Waals surface area contributed by atoms with Gasteiger partial charge in [-0.05, 0) is 13.8 Å². The van der Waals surface area contributed by atoms with Crippen molar-refractivity contribution < 1.29 is 29.9 Å². The van der Waals surface area contributed by atoms with Crippen LogP contribution in [-0.4, -0.2) is 54.8 Å². The zero-order valence-electron chi connectivity index (χ0n) is 10.2. The van der Waals surface area contributed by atoms with Gasteiger partial charge in [-0.25, -0.2) is 0 Å². The quantitative estimate of drug-likeness (QED) is 0.568. The minimum atomic E-state index is -3.50. The SMILES string of the molecule is C[C@H](COS(C)(=O)=O)O[C@H](C)COS(C)(=O)=O. The lowest BCUT2D eigenvalue weighted by Gasteiger charge is -2.18. The third-order valence-electron chi connectivity index (χ3n) is 1.50. The molecule has 0 unspecified atom stereocenters. The van der Waals surface area contributed by atoms with Crippen LogP contribution in [0.25, 0.3) is 0 Å². The van der Waals surface area contributed by atoms with Crippen LogP contribution in [0.2, 0.25) is 0 Å². The summed E-state index contributed by atoms with van der Waals surface area (Å²) in [5.74, 6) is 0. The van der Waals surface area contributed by atoms with Gasteiger partial charge in [0.15, 0.2) is 0 Å². The van der Waals surface area contributed by atoms with Crippen molar-refractivity contribution in [2.24, 2.45) is 0 Å². The molecule has 0 aliphatic heterocycles. The van der Waals surface area contributed by atoms with E-state index in [1.807, 2.05) is 0 Å². The van der Waals surface area contributed by atoms with Crippen molar-refractivity contribution in [2.45, 2.75) is 26.1 Å². The zero-order chi connectivity index (χ0) is 13.7. The van der Waals surface area contributed by atoms with E-state index in [0.29, 0.717) is 0 Å². The molecule has 0 spiro atoms. The van der Waals surface area contributed by atoms with Gasteiger partial charge in [0.05, 0.1) is 37.9 Å². The van der Waals surface area contributed by atoms with Crippen LogP contribution in [-0.2, 0) is 33.3 Å². The molecule has 2 atom stereocenters. The van der Waals surface area contributed by atoms with Crippen molar-refractivity contribution in [3.05, 3.63) is 0 Å². The number of ether oxygens (including phenoxy) is 1. The van der Waals surface area contributed by atoms with E-state index in [1.165, 1.54) is 0 Å². The predicted molar refractivity (Wildman–Crippen MR) is 61.6 cm³/mol. The highest BCUT2D eigenvalue weighted by molar-refractivity contribution is 7.86. The van der Waals surface area contributed by atoms with E-state index in [0.717, 1.165) is 12.5 Å². The predicted octanol–water partition coefficient (Wildman–Crippen LogP) is -0.268. The summed E-state index contributed by atoms with van der Waals surface area (Å²) in [6.07, 6.45) is 0.914. The molecule has 0 aliphatic carbocycles. The normalized spacial score (nSPS) is 16.7. The Morgan fingerprint density at radius 1 is 0.824 bits per heavy atom. The average molecular weight is 290 g/mol.